The van der Waals surface area contributed by atoms with Gasteiger partial charge in [-0.05, 0) is 51.2 Å². The van der Waals surface area contributed by atoms with Crippen molar-refractivity contribution in [1.29, 1.82) is 0 Å². The van der Waals surface area contributed by atoms with E-state index in [4.69, 9.17) is 5.11 Å². The molecule has 0 aliphatic heterocycles. The summed E-state index contributed by atoms with van der Waals surface area (Å²) in [5, 5.41) is 8.58. The zero-order valence-electron chi connectivity index (χ0n) is 12.4. The third kappa shape index (κ3) is 5.91. The lowest BCUT2D eigenvalue weighted by Crippen LogP contribution is -2.39. The van der Waals surface area contributed by atoms with Gasteiger partial charge >= 0.3 is 5.97 Å². The van der Waals surface area contributed by atoms with Crippen LogP contribution in [0.1, 0.15) is 19.8 Å². The van der Waals surface area contributed by atoms with E-state index in [2.05, 4.69) is 0 Å². The second-order valence-electron chi connectivity index (χ2n) is 4.85. The molecule has 0 atom stereocenters. The number of carboxylic acid groups (broad SMARTS) is 1. The van der Waals surface area contributed by atoms with Crippen LogP contribution in [0.15, 0.2) is 24.3 Å². The highest BCUT2D eigenvalue weighted by molar-refractivity contribution is 5.94. The van der Waals surface area contributed by atoms with E-state index >= 15 is 0 Å². The minimum atomic E-state index is -0.837. The average Bonchev–Trinajstić information content (AvgIpc) is 2.41. The van der Waals surface area contributed by atoms with Crippen molar-refractivity contribution in [1.82, 2.24) is 4.90 Å². The zero-order chi connectivity index (χ0) is 15.8. The van der Waals surface area contributed by atoms with E-state index in [1.807, 2.05) is 6.92 Å². The number of likely N-dealkylation sites (N-methyl/N-ethyl adjacent to an activating group) is 2. The molecule has 0 aliphatic rings. The van der Waals surface area contributed by atoms with Gasteiger partial charge in [0.25, 0.3) is 0 Å². The predicted octanol–water partition coefficient (Wildman–Crippen LogP) is 1.98. The van der Waals surface area contributed by atoms with E-state index < -0.39 is 5.97 Å². The first kappa shape index (κ1) is 17.1. The molecule has 0 spiro atoms. The van der Waals surface area contributed by atoms with Crippen LogP contribution in [-0.4, -0.2) is 48.6 Å². The molecule has 0 fully saturated rings. The van der Waals surface area contributed by atoms with E-state index in [1.54, 1.807) is 29.0 Å². The number of hydrogen-bond donors (Lipinski definition) is 1. The molecule has 0 heterocycles. The van der Waals surface area contributed by atoms with Gasteiger partial charge in [0.2, 0.25) is 5.91 Å². The smallest absolute Gasteiger partial charge is 0.303 e. The Kier molecular flexibility index (Phi) is 6.81. The molecule has 6 heteroatoms. The van der Waals surface area contributed by atoms with Crippen LogP contribution >= 0.6 is 0 Å². The van der Waals surface area contributed by atoms with Crippen LogP contribution < -0.4 is 4.90 Å². The van der Waals surface area contributed by atoms with Crippen molar-refractivity contribution in [2.75, 3.05) is 31.6 Å². The number of hydrogen-bond acceptors (Lipinski definition) is 3. The second-order valence-corrected chi connectivity index (χ2v) is 4.85. The molecule has 0 unspecified atom stereocenters. The number of halogens is 1. The number of carbonyl (C=O) groups is 2. The van der Waals surface area contributed by atoms with Crippen molar-refractivity contribution in [3.05, 3.63) is 30.1 Å². The fraction of sp³-hybridized carbons (Fsp3) is 0.467. The summed E-state index contributed by atoms with van der Waals surface area (Å²) in [6, 6.07) is 5.78. The summed E-state index contributed by atoms with van der Waals surface area (Å²) in [4.78, 5) is 26.1. The van der Waals surface area contributed by atoms with Crippen molar-refractivity contribution >= 4 is 17.6 Å². The maximum atomic E-state index is 12.9. The molecule has 0 radical (unpaired) electrons. The number of nitrogens with zero attached hydrogens (tertiary/aromatic N) is 2. The summed E-state index contributed by atoms with van der Waals surface area (Å²) < 4.78 is 12.9. The monoisotopic (exact) mass is 296 g/mol. The Hall–Kier alpha value is -1.95. The number of amides is 1. The van der Waals surface area contributed by atoms with E-state index in [1.165, 1.54) is 12.1 Å². The summed E-state index contributed by atoms with van der Waals surface area (Å²) >= 11 is 0. The van der Waals surface area contributed by atoms with Crippen LogP contribution in [0.2, 0.25) is 0 Å². The predicted molar refractivity (Wildman–Crippen MR) is 78.8 cm³/mol. The van der Waals surface area contributed by atoms with Crippen molar-refractivity contribution < 1.29 is 19.1 Å². The molecule has 5 nitrogen and oxygen atoms in total. The Morgan fingerprint density at radius 3 is 2.38 bits per heavy atom. The molecule has 1 amide bonds. The van der Waals surface area contributed by atoms with Gasteiger partial charge in [0, 0.05) is 18.7 Å². The normalized spacial score (nSPS) is 10.7. The number of anilines is 1. The molecule has 0 bridgehead atoms. The molecule has 1 rings (SSSR count). The molecular weight excluding hydrogens is 275 g/mol. The van der Waals surface area contributed by atoms with Crippen LogP contribution in [0.3, 0.4) is 0 Å². The summed E-state index contributed by atoms with van der Waals surface area (Å²) in [5.41, 5.74) is 0.655. The molecule has 0 saturated carbocycles. The highest BCUT2D eigenvalue weighted by Gasteiger charge is 2.16. The second kappa shape index (κ2) is 8.36. The molecule has 116 valence electrons. The van der Waals surface area contributed by atoms with Crippen LogP contribution in [0.5, 0.6) is 0 Å². The largest absolute Gasteiger partial charge is 0.481 e. The third-order valence-corrected chi connectivity index (χ3v) is 3.09. The maximum absolute atomic E-state index is 12.9. The number of carboxylic acids is 1. The minimum absolute atomic E-state index is 0.0913. The molecule has 0 aromatic heterocycles. The molecule has 21 heavy (non-hydrogen) atoms. The first-order valence-corrected chi connectivity index (χ1v) is 6.90. The topological polar surface area (TPSA) is 60.9 Å². The SMILES string of the molecule is CCN(C(=O)CN(C)CCCC(=O)O)c1ccc(F)cc1. The van der Waals surface area contributed by atoms with Crippen molar-refractivity contribution in [2.24, 2.45) is 0 Å². The lowest BCUT2D eigenvalue weighted by molar-refractivity contribution is -0.137. The zero-order valence-corrected chi connectivity index (χ0v) is 12.4. The Morgan fingerprint density at radius 1 is 1.24 bits per heavy atom. The minimum Gasteiger partial charge on any atom is -0.481 e. The van der Waals surface area contributed by atoms with E-state index in [-0.39, 0.29) is 24.7 Å². The number of aliphatic carboxylic acids is 1. The van der Waals surface area contributed by atoms with Gasteiger partial charge in [0.05, 0.1) is 6.54 Å². The van der Waals surface area contributed by atoms with Gasteiger partial charge in [0.15, 0.2) is 0 Å². The van der Waals surface area contributed by atoms with Gasteiger partial charge in [-0.1, -0.05) is 0 Å². The van der Waals surface area contributed by atoms with Crippen molar-refractivity contribution in [2.45, 2.75) is 19.8 Å². The Morgan fingerprint density at radius 2 is 1.86 bits per heavy atom. The standard InChI is InChI=1S/C15H21FN2O3/c1-3-18(13-8-6-12(16)7-9-13)14(19)11-17(2)10-4-5-15(20)21/h6-9H,3-5,10-11H2,1-2H3,(H,20,21). The van der Waals surface area contributed by atoms with Crippen LogP contribution in [0, 0.1) is 5.82 Å². The van der Waals surface area contributed by atoms with E-state index in [0.29, 0.717) is 25.2 Å². The highest BCUT2D eigenvalue weighted by atomic mass is 19.1. The number of benzene rings is 1. The van der Waals surface area contributed by atoms with Crippen LogP contribution in [0.25, 0.3) is 0 Å². The van der Waals surface area contributed by atoms with Gasteiger partial charge in [-0.2, -0.15) is 0 Å². The first-order valence-electron chi connectivity index (χ1n) is 6.90. The maximum Gasteiger partial charge on any atom is 0.303 e. The summed E-state index contributed by atoms with van der Waals surface area (Å²) in [6.07, 6.45) is 0.593. The molecular formula is C15H21FN2O3. The van der Waals surface area contributed by atoms with Crippen molar-refractivity contribution in [3.63, 3.8) is 0 Å². The molecule has 0 aliphatic carbocycles. The lowest BCUT2D eigenvalue weighted by atomic mass is 10.2. The Bertz CT molecular complexity index is 476. The Labute approximate surface area is 124 Å². The highest BCUT2D eigenvalue weighted by Crippen LogP contribution is 2.15. The summed E-state index contributed by atoms with van der Waals surface area (Å²) in [5.74, 6) is -1.27. The van der Waals surface area contributed by atoms with E-state index in [9.17, 15) is 14.0 Å². The van der Waals surface area contributed by atoms with Gasteiger partial charge in [-0.25, -0.2) is 4.39 Å². The molecule has 0 saturated heterocycles. The van der Waals surface area contributed by atoms with Gasteiger partial charge < -0.3 is 10.0 Å². The summed E-state index contributed by atoms with van der Waals surface area (Å²) in [7, 11) is 1.78. The molecule has 1 N–H and O–H groups in total. The van der Waals surface area contributed by atoms with E-state index in [0.717, 1.165) is 0 Å². The average molecular weight is 296 g/mol. The summed E-state index contributed by atoms with van der Waals surface area (Å²) in [6.45, 7) is 3.09. The lowest BCUT2D eigenvalue weighted by Gasteiger charge is -2.24. The van der Waals surface area contributed by atoms with Gasteiger partial charge in [-0.3, -0.25) is 14.5 Å². The quantitative estimate of drug-likeness (QED) is 0.797. The fourth-order valence-electron chi connectivity index (χ4n) is 2.02. The fourth-order valence-corrected chi connectivity index (χ4v) is 2.02. The van der Waals surface area contributed by atoms with Gasteiger partial charge in [0.1, 0.15) is 5.82 Å². The number of rotatable bonds is 8. The number of carbonyl (C=O) groups excluding carboxylic acids is 1. The van der Waals surface area contributed by atoms with Gasteiger partial charge in [-0.15, -0.1) is 0 Å². The van der Waals surface area contributed by atoms with Crippen LogP contribution in [-0.2, 0) is 9.59 Å². The molecule has 1 aromatic rings. The molecule has 1 aromatic carbocycles. The third-order valence-electron chi connectivity index (χ3n) is 3.09. The Balaban J connectivity index is 2.55. The van der Waals surface area contributed by atoms with Crippen LogP contribution in [0.4, 0.5) is 10.1 Å². The van der Waals surface area contributed by atoms with Crippen molar-refractivity contribution in [3.8, 4) is 0 Å². The first-order chi connectivity index (χ1) is 9.93.